The fourth-order valence-electron chi connectivity index (χ4n) is 1.78. The minimum absolute atomic E-state index is 0.382. The molecular formula is C13H20N4O2. The van der Waals surface area contributed by atoms with Gasteiger partial charge in [-0.3, -0.25) is 4.90 Å². The quantitative estimate of drug-likeness (QED) is 0.798. The van der Waals surface area contributed by atoms with Gasteiger partial charge in [0.2, 0.25) is 5.89 Å². The van der Waals surface area contributed by atoms with Crippen molar-refractivity contribution >= 4 is 0 Å². The number of rotatable bonds is 6. The summed E-state index contributed by atoms with van der Waals surface area (Å²) < 4.78 is 10.3. The lowest BCUT2D eigenvalue weighted by Crippen LogP contribution is -2.22. The van der Waals surface area contributed by atoms with Crippen molar-refractivity contribution in [2.24, 2.45) is 0 Å². The van der Waals surface area contributed by atoms with E-state index in [0.717, 1.165) is 18.0 Å². The van der Waals surface area contributed by atoms with Crippen LogP contribution in [0, 0.1) is 6.92 Å². The molecule has 0 saturated heterocycles. The Morgan fingerprint density at radius 3 is 2.53 bits per heavy atom. The van der Waals surface area contributed by atoms with Gasteiger partial charge in [-0.2, -0.15) is 4.98 Å². The maximum atomic E-state index is 5.35. The number of aryl methyl sites for hydroxylation is 1. The van der Waals surface area contributed by atoms with Crippen molar-refractivity contribution in [3.05, 3.63) is 29.2 Å². The summed E-state index contributed by atoms with van der Waals surface area (Å²) in [5.74, 6) is 2.54. The van der Waals surface area contributed by atoms with Gasteiger partial charge in [0.15, 0.2) is 11.6 Å². The van der Waals surface area contributed by atoms with Crippen LogP contribution in [0.3, 0.4) is 0 Å². The van der Waals surface area contributed by atoms with Crippen LogP contribution >= 0.6 is 0 Å². The lowest BCUT2D eigenvalue weighted by molar-refractivity contribution is 0.225. The lowest BCUT2D eigenvalue weighted by atomic mass is 10.1. The van der Waals surface area contributed by atoms with E-state index in [1.165, 1.54) is 0 Å². The average Bonchev–Trinajstić information content (AvgIpc) is 2.98. The summed E-state index contributed by atoms with van der Waals surface area (Å²) in [7, 11) is 0. The molecule has 0 aliphatic heterocycles. The second-order valence-electron chi connectivity index (χ2n) is 4.91. The zero-order valence-corrected chi connectivity index (χ0v) is 11.9. The summed E-state index contributed by atoms with van der Waals surface area (Å²) in [6, 6.07) is 2.01. The molecule has 0 aromatic carbocycles. The molecule has 0 amide bonds. The molecule has 0 aliphatic carbocycles. The number of hydrogen-bond acceptors (Lipinski definition) is 6. The summed E-state index contributed by atoms with van der Waals surface area (Å²) in [6.45, 7) is 10.3. The second kappa shape index (κ2) is 5.97. The molecule has 0 unspecified atom stereocenters. The van der Waals surface area contributed by atoms with Crippen molar-refractivity contribution in [3.8, 4) is 0 Å². The Bertz CT molecular complexity index is 518. The summed E-state index contributed by atoms with van der Waals surface area (Å²) in [5.41, 5.74) is 0.987. The summed E-state index contributed by atoms with van der Waals surface area (Å²) in [5, 5.41) is 7.97. The Morgan fingerprint density at radius 2 is 2.00 bits per heavy atom. The summed E-state index contributed by atoms with van der Waals surface area (Å²) in [6.07, 6.45) is 0. The molecule has 2 heterocycles. The fraction of sp³-hybridized carbons (Fsp3) is 0.615. The minimum atomic E-state index is 0.382. The van der Waals surface area contributed by atoms with Crippen molar-refractivity contribution < 1.29 is 9.05 Å². The summed E-state index contributed by atoms with van der Waals surface area (Å²) in [4.78, 5) is 6.38. The van der Waals surface area contributed by atoms with E-state index >= 15 is 0 Å². The Balaban J connectivity index is 1.98. The lowest BCUT2D eigenvalue weighted by Gasteiger charge is -2.15. The molecule has 6 nitrogen and oxygen atoms in total. The highest BCUT2D eigenvalue weighted by Crippen LogP contribution is 2.16. The van der Waals surface area contributed by atoms with Crippen LogP contribution in [0.25, 0.3) is 0 Å². The maximum absolute atomic E-state index is 5.35. The molecule has 2 aromatic heterocycles. The molecule has 0 fully saturated rings. The third-order valence-corrected chi connectivity index (χ3v) is 2.93. The molecule has 0 spiro atoms. The molecule has 2 aromatic rings. The van der Waals surface area contributed by atoms with E-state index in [2.05, 4.69) is 41.0 Å². The molecule has 2 rings (SSSR count). The minimum Gasteiger partial charge on any atom is -0.360 e. The Hall–Kier alpha value is -1.69. The van der Waals surface area contributed by atoms with Crippen LogP contribution in [0.1, 0.15) is 49.9 Å². The van der Waals surface area contributed by atoms with E-state index in [4.69, 9.17) is 9.05 Å². The second-order valence-corrected chi connectivity index (χ2v) is 4.91. The van der Waals surface area contributed by atoms with Crippen LogP contribution in [-0.4, -0.2) is 26.7 Å². The zero-order chi connectivity index (χ0) is 13.8. The predicted octanol–water partition coefficient (Wildman–Crippen LogP) is 2.51. The van der Waals surface area contributed by atoms with Gasteiger partial charge in [-0.15, -0.1) is 0 Å². The Morgan fingerprint density at radius 1 is 1.21 bits per heavy atom. The number of hydrogen-bond donors (Lipinski definition) is 0. The van der Waals surface area contributed by atoms with Crippen LogP contribution in [0.4, 0.5) is 0 Å². The van der Waals surface area contributed by atoms with Gasteiger partial charge in [0.25, 0.3) is 0 Å². The van der Waals surface area contributed by atoms with Crippen LogP contribution in [0.15, 0.2) is 15.1 Å². The first kappa shape index (κ1) is 13.7. The van der Waals surface area contributed by atoms with Gasteiger partial charge < -0.3 is 9.05 Å². The number of nitrogens with zero attached hydrogens (tertiary/aromatic N) is 4. The van der Waals surface area contributed by atoms with Gasteiger partial charge in [0.1, 0.15) is 0 Å². The average molecular weight is 264 g/mol. The van der Waals surface area contributed by atoms with Gasteiger partial charge in [0.05, 0.1) is 18.8 Å². The largest absolute Gasteiger partial charge is 0.360 e. The Kier molecular flexibility index (Phi) is 4.31. The highest BCUT2D eigenvalue weighted by Gasteiger charge is 2.13. The Labute approximate surface area is 112 Å². The smallest absolute Gasteiger partial charge is 0.223 e. The van der Waals surface area contributed by atoms with Crippen molar-refractivity contribution in [1.29, 1.82) is 0 Å². The molecular weight excluding hydrogens is 244 g/mol. The first-order valence-electron chi connectivity index (χ1n) is 6.55. The molecule has 0 aliphatic rings. The highest BCUT2D eigenvalue weighted by molar-refractivity contribution is 5.08. The standard InChI is InChI=1S/C13H20N4O2/c1-5-17(8-13-14-10(4)18-16-13)7-11-6-12(9(2)3)15-19-11/h6,9H,5,7-8H2,1-4H3. The van der Waals surface area contributed by atoms with Gasteiger partial charge in [-0.25, -0.2) is 0 Å². The molecule has 0 atom stereocenters. The third-order valence-electron chi connectivity index (χ3n) is 2.93. The maximum Gasteiger partial charge on any atom is 0.223 e. The van der Waals surface area contributed by atoms with Crippen molar-refractivity contribution in [2.75, 3.05) is 6.54 Å². The van der Waals surface area contributed by atoms with E-state index in [1.807, 2.05) is 6.07 Å². The van der Waals surface area contributed by atoms with Crippen molar-refractivity contribution in [1.82, 2.24) is 20.2 Å². The molecule has 0 saturated carbocycles. The fourth-order valence-corrected chi connectivity index (χ4v) is 1.78. The predicted molar refractivity (Wildman–Crippen MR) is 69.4 cm³/mol. The van der Waals surface area contributed by atoms with Crippen molar-refractivity contribution in [3.63, 3.8) is 0 Å². The molecule has 104 valence electrons. The van der Waals surface area contributed by atoms with Gasteiger partial charge >= 0.3 is 0 Å². The van der Waals surface area contributed by atoms with Crippen LogP contribution in [-0.2, 0) is 13.1 Å². The van der Waals surface area contributed by atoms with Crippen LogP contribution < -0.4 is 0 Å². The van der Waals surface area contributed by atoms with E-state index in [1.54, 1.807) is 6.92 Å². The zero-order valence-electron chi connectivity index (χ0n) is 11.9. The monoisotopic (exact) mass is 264 g/mol. The van der Waals surface area contributed by atoms with Crippen molar-refractivity contribution in [2.45, 2.75) is 46.7 Å². The molecule has 0 bridgehead atoms. The normalized spacial score (nSPS) is 11.7. The highest BCUT2D eigenvalue weighted by atomic mass is 16.5. The SMILES string of the molecule is CCN(Cc1noc(C)n1)Cc1cc(C(C)C)no1. The van der Waals surface area contributed by atoms with E-state index < -0.39 is 0 Å². The molecule has 6 heteroatoms. The van der Waals surface area contributed by atoms with Gasteiger partial charge in [0, 0.05) is 13.0 Å². The van der Waals surface area contributed by atoms with Gasteiger partial charge in [-0.1, -0.05) is 31.1 Å². The molecule has 0 radical (unpaired) electrons. The van der Waals surface area contributed by atoms with E-state index in [-0.39, 0.29) is 0 Å². The van der Waals surface area contributed by atoms with Gasteiger partial charge in [-0.05, 0) is 12.5 Å². The summed E-state index contributed by atoms with van der Waals surface area (Å²) >= 11 is 0. The first-order chi connectivity index (χ1) is 9.08. The molecule has 19 heavy (non-hydrogen) atoms. The first-order valence-corrected chi connectivity index (χ1v) is 6.55. The van der Waals surface area contributed by atoms with Crippen LogP contribution in [0.5, 0.6) is 0 Å². The topological polar surface area (TPSA) is 68.2 Å². The van der Waals surface area contributed by atoms with E-state index in [9.17, 15) is 0 Å². The van der Waals surface area contributed by atoms with E-state index in [0.29, 0.717) is 30.7 Å². The molecule has 0 N–H and O–H groups in total. The van der Waals surface area contributed by atoms with Crippen LogP contribution in [0.2, 0.25) is 0 Å². The number of aromatic nitrogens is 3. The third kappa shape index (κ3) is 3.64.